The molecule has 0 heterocycles. The van der Waals surface area contributed by atoms with Crippen LogP contribution in [0.25, 0.3) is 0 Å². The standard InChI is InChI=1S/C9H17N3O2S2/c1-6(5-16-3)12(2)9(14)8(13)11-4-7(10)15/h6H,4-5H2,1-3H3,(H2,10,15)(H,11,13). The van der Waals surface area contributed by atoms with Crippen LogP contribution >= 0.6 is 24.0 Å². The summed E-state index contributed by atoms with van der Waals surface area (Å²) in [4.78, 5) is 24.5. The van der Waals surface area contributed by atoms with Gasteiger partial charge in [-0.2, -0.15) is 11.8 Å². The predicted molar refractivity (Wildman–Crippen MR) is 70.4 cm³/mol. The van der Waals surface area contributed by atoms with Gasteiger partial charge >= 0.3 is 11.8 Å². The number of carbonyl (C=O) groups is 2. The molecule has 16 heavy (non-hydrogen) atoms. The zero-order valence-electron chi connectivity index (χ0n) is 9.65. The molecule has 0 aromatic rings. The third-order valence-corrected chi connectivity index (χ3v) is 2.97. The highest BCUT2D eigenvalue weighted by molar-refractivity contribution is 7.98. The van der Waals surface area contributed by atoms with Crippen LogP contribution in [-0.4, -0.2) is 53.3 Å². The van der Waals surface area contributed by atoms with E-state index >= 15 is 0 Å². The van der Waals surface area contributed by atoms with Gasteiger partial charge in [0.1, 0.15) is 0 Å². The number of thioether (sulfide) groups is 1. The fourth-order valence-electron chi connectivity index (χ4n) is 0.956. The Balaban J connectivity index is 4.21. The highest BCUT2D eigenvalue weighted by atomic mass is 32.2. The van der Waals surface area contributed by atoms with Gasteiger partial charge in [0.25, 0.3) is 0 Å². The molecule has 1 unspecified atom stereocenters. The molecular formula is C9H17N3O2S2. The van der Waals surface area contributed by atoms with Crippen LogP contribution in [0.15, 0.2) is 0 Å². The molecule has 0 aliphatic heterocycles. The Kier molecular flexibility index (Phi) is 7.07. The molecule has 1 atom stereocenters. The van der Waals surface area contributed by atoms with E-state index in [1.165, 1.54) is 4.90 Å². The van der Waals surface area contributed by atoms with E-state index in [1.807, 2.05) is 13.2 Å². The summed E-state index contributed by atoms with van der Waals surface area (Å²) in [7, 11) is 1.60. The van der Waals surface area contributed by atoms with Crippen LogP contribution in [0.5, 0.6) is 0 Å². The second-order valence-corrected chi connectivity index (χ2v) is 4.80. The van der Waals surface area contributed by atoms with E-state index < -0.39 is 11.8 Å². The number of nitrogens with one attached hydrogen (secondary N) is 1. The Morgan fingerprint density at radius 3 is 2.56 bits per heavy atom. The largest absolute Gasteiger partial charge is 0.392 e. The number of nitrogens with two attached hydrogens (primary N) is 1. The number of amides is 2. The van der Waals surface area contributed by atoms with E-state index in [9.17, 15) is 9.59 Å². The van der Waals surface area contributed by atoms with Crippen molar-refractivity contribution in [3.8, 4) is 0 Å². The lowest BCUT2D eigenvalue weighted by atomic mass is 10.3. The second-order valence-electron chi connectivity index (χ2n) is 3.37. The van der Waals surface area contributed by atoms with Crippen LogP contribution in [0.3, 0.4) is 0 Å². The summed E-state index contributed by atoms with van der Waals surface area (Å²) in [5, 5.41) is 2.36. The van der Waals surface area contributed by atoms with E-state index in [4.69, 9.17) is 5.73 Å². The Bertz CT molecular complexity index is 284. The van der Waals surface area contributed by atoms with E-state index in [0.29, 0.717) is 0 Å². The zero-order valence-corrected chi connectivity index (χ0v) is 11.3. The lowest BCUT2D eigenvalue weighted by Gasteiger charge is -2.23. The summed E-state index contributed by atoms with van der Waals surface area (Å²) in [5.41, 5.74) is 5.21. The molecule has 7 heteroatoms. The van der Waals surface area contributed by atoms with Crippen LogP contribution in [-0.2, 0) is 9.59 Å². The molecule has 0 rings (SSSR count). The number of nitrogens with zero attached hydrogens (tertiary/aromatic N) is 1. The zero-order chi connectivity index (χ0) is 12.7. The number of hydrogen-bond acceptors (Lipinski definition) is 4. The van der Waals surface area contributed by atoms with Crippen LogP contribution < -0.4 is 11.1 Å². The molecule has 92 valence electrons. The summed E-state index contributed by atoms with van der Waals surface area (Å²) >= 11 is 6.21. The Hall–Kier alpha value is -0.820. The smallest absolute Gasteiger partial charge is 0.311 e. The summed E-state index contributed by atoms with van der Waals surface area (Å²) in [6.45, 7) is 1.93. The summed E-state index contributed by atoms with van der Waals surface area (Å²) in [6, 6.07) is 0.0121. The molecule has 0 aliphatic carbocycles. The third kappa shape index (κ3) is 5.32. The predicted octanol–water partition coefficient (Wildman–Crippen LogP) is -0.401. The Morgan fingerprint density at radius 1 is 1.56 bits per heavy atom. The van der Waals surface area contributed by atoms with Crippen molar-refractivity contribution in [3.63, 3.8) is 0 Å². The van der Waals surface area contributed by atoms with Crippen LogP contribution in [0.2, 0.25) is 0 Å². The number of hydrogen-bond donors (Lipinski definition) is 2. The van der Waals surface area contributed by atoms with Gasteiger partial charge in [0.2, 0.25) is 0 Å². The average molecular weight is 263 g/mol. The molecule has 0 spiro atoms. The van der Waals surface area contributed by atoms with Crippen LogP contribution in [0, 0.1) is 0 Å². The lowest BCUT2D eigenvalue weighted by Crippen LogP contribution is -2.47. The number of carbonyl (C=O) groups excluding carboxylic acids is 2. The number of thiocarbonyl (C=S) groups is 1. The van der Waals surface area contributed by atoms with E-state index in [2.05, 4.69) is 17.5 Å². The summed E-state index contributed by atoms with van der Waals surface area (Å²) < 4.78 is 0. The number of likely N-dealkylation sites (N-methyl/N-ethyl adjacent to an activating group) is 1. The second kappa shape index (κ2) is 7.45. The summed E-state index contributed by atoms with van der Waals surface area (Å²) in [6.07, 6.45) is 1.95. The van der Waals surface area contributed by atoms with Crippen LogP contribution in [0.1, 0.15) is 6.92 Å². The summed E-state index contributed by atoms with van der Waals surface area (Å²) in [5.74, 6) is -0.466. The van der Waals surface area contributed by atoms with Gasteiger partial charge < -0.3 is 16.0 Å². The highest BCUT2D eigenvalue weighted by Crippen LogP contribution is 2.03. The maximum atomic E-state index is 11.6. The first-order chi connectivity index (χ1) is 7.40. The maximum Gasteiger partial charge on any atom is 0.311 e. The normalized spacial score (nSPS) is 11.7. The minimum absolute atomic E-state index is 0.0121. The van der Waals surface area contributed by atoms with Crippen molar-refractivity contribution >= 4 is 40.8 Å². The monoisotopic (exact) mass is 263 g/mol. The fraction of sp³-hybridized carbons (Fsp3) is 0.667. The van der Waals surface area contributed by atoms with Gasteiger partial charge in [0.05, 0.1) is 11.5 Å². The quantitative estimate of drug-likeness (QED) is 0.521. The Labute approximate surface area is 105 Å². The average Bonchev–Trinajstić information content (AvgIpc) is 2.23. The van der Waals surface area contributed by atoms with Crippen molar-refractivity contribution in [2.45, 2.75) is 13.0 Å². The third-order valence-electron chi connectivity index (χ3n) is 2.01. The van der Waals surface area contributed by atoms with Gasteiger partial charge in [0, 0.05) is 18.8 Å². The molecule has 0 aliphatic rings. The minimum atomic E-state index is -0.678. The molecule has 5 nitrogen and oxygen atoms in total. The van der Waals surface area contributed by atoms with Crippen LogP contribution in [0.4, 0.5) is 0 Å². The molecule has 2 amide bonds. The van der Waals surface area contributed by atoms with Crippen molar-refractivity contribution in [1.29, 1.82) is 0 Å². The molecular weight excluding hydrogens is 246 g/mol. The maximum absolute atomic E-state index is 11.6. The van der Waals surface area contributed by atoms with Gasteiger partial charge in [-0.05, 0) is 13.2 Å². The van der Waals surface area contributed by atoms with Crippen molar-refractivity contribution in [2.24, 2.45) is 5.73 Å². The SMILES string of the molecule is CSCC(C)N(C)C(=O)C(=O)NCC(N)=S. The molecule has 0 radical (unpaired) electrons. The van der Waals surface area contributed by atoms with Crippen molar-refractivity contribution in [2.75, 3.05) is 25.6 Å². The molecule has 0 aromatic heterocycles. The van der Waals surface area contributed by atoms with E-state index in [-0.39, 0.29) is 17.6 Å². The van der Waals surface area contributed by atoms with Gasteiger partial charge in [0.15, 0.2) is 0 Å². The molecule has 3 N–H and O–H groups in total. The van der Waals surface area contributed by atoms with Crippen molar-refractivity contribution in [3.05, 3.63) is 0 Å². The van der Waals surface area contributed by atoms with Gasteiger partial charge in [-0.25, -0.2) is 0 Å². The molecule has 0 saturated heterocycles. The molecule has 0 aromatic carbocycles. The van der Waals surface area contributed by atoms with Gasteiger partial charge in [-0.1, -0.05) is 12.2 Å². The number of rotatable bonds is 5. The van der Waals surface area contributed by atoms with Crippen molar-refractivity contribution < 1.29 is 9.59 Å². The highest BCUT2D eigenvalue weighted by Gasteiger charge is 2.22. The topological polar surface area (TPSA) is 75.4 Å². The minimum Gasteiger partial charge on any atom is -0.392 e. The molecule has 0 saturated carbocycles. The lowest BCUT2D eigenvalue weighted by molar-refractivity contribution is -0.145. The van der Waals surface area contributed by atoms with Gasteiger partial charge in [-0.15, -0.1) is 0 Å². The first-order valence-electron chi connectivity index (χ1n) is 4.72. The van der Waals surface area contributed by atoms with E-state index in [0.717, 1.165) is 5.75 Å². The molecule has 0 bridgehead atoms. The molecule has 0 fully saturated rings. The van der Waals surface area contributed by atoms with Gasteiger partial charge in [-0.3, -0.25) is 9.59 Å². The Morgan fingerprint density at radius 2 is 2.12 bits per heavy atom. The van der Waals surface area contributed by atoms with E-state index in [1.54, 1.807) is 18.8 Å². The van der Waals surface area contributed by atoms with Crippen molar-refractivity contribution in [1.82, 2.24) is 10.2 Å². The first kappa shape index (κ1) is 15.2. The first-order valence-corrected chi connectivity index (χ1v) is 6.52. The fourth-order valence-corrected chi connectivity index (χ4v) is 1.73.